The highest BCUT2D eigenvalue weighted by atomic mass is 16.7. The van der Waals surface area contributed by atoms with Crippen molar-refractivity contribution >= 4 is 5.78 Å². The van der Waals surface area contributed by atoms with Gasteiger partial charge in [-0.3, -0.25) is 4.79 Å². The Hall–Kier alpha value is -2.69. The van der Waals surface area contributed by atoms with Crippen LogP contribution in [0.1, 0.15) is 33.8 Å². The van der Waals surface area contributed by atoms with E-state index in [-0.39, 0.29) is 18.5 Å². The maximum absolute atomic E-state index is 13.0. The first-order chi connectivity index (χ1) is 11.7. The molecule has 4 rings (SSSR count). The monoisotopic (exact) mass is 326 g/mol. The van der Waals surface area contributed by atoms with Crippen molar-refractivity contribution in [2.45, 2.75) is 18.8 Å². The van der Waals surface area contributed by atoms with Gasteiger partial charge in [-0.05, 0) is 48.2 Å². The molecule has 2 aromatic carbocycles. The van der Waals surface area contributed by atoms with E-state index in [1.165, 1.54) is 0 Å². The number of carbonyl (C=O) groups excluding carboxylic acids is 1. The molecule has 0 radical (unpaired) electrons. The van der Waals surface area contributed by atoms with Gasteiger partial charge in [-0.1, -0.05) is 6.07 Å². The van der Waals surface area contributed by atoms with Crippen molar-refractivity contribution in [3.63, 3.8) is 0 Å². The number of hydrogen-bond donors (Lipinski definition) is 0. The van der Waals surface area contributed by atoms with Gasteiger partial charge < -0.3 is 18.9 Å². The maximum atomic E-state index is 13.0. The van der Waals surface area contributed by atoms with E-state index in [0.717, 1.165) is 35.3 Å². The second-order valence-corrected chi connectivity index (χ2v) is 5.93. The second-order valence-electron chi connectivity index (χ2n) is 5.93. The fraction of sp³-hybridized carbons (Fsp3) is 0.316. The molecule has 5 nitrogen and oxygen atoms in total. The van der Waals surface area contributed by atoms with Gasteiger partial charge in [0.15, 0.2) is 28.8 Å². The molecule has 1 atom stereocenters. The van der Waals surface area contributed by atoms with Gasteiger partial charge in [0, 0.05) is 11.5 Å². The van der Waals surface area contributed by atoms with E-state index >= 15 is 0 Å². The predicted molar refractivity (Wildman–Crippen MR) is 87.5 cm³/mol. The van der Waals surface area contributed by atoms with Crippen LogP contribution in [0.3, 0.4) is 0 Å². The topological polar surface area (TPSA) is 54.0 Å². The van der Waals surface area contributed by atoms with Gasteiger partial charge >= 0.3 is 0 Å². The summed E-state index contributed by atoms with van der Waals surface area (Å²) in [5.41, 5.74) is 2.70. The van der Waals surface area contributed by atoms with E-state index in [2.05, 4.69) is 0 Å². The standard InChI is InChI=1S/C19H18O5/c1-21-15-6-4-11(7-16(15)22-2)13-5-3-12-8-17-18(24-10-23-17)9-14(12)19(13)20/h4,6-9,13H,3,5,10H2,1-2H3/t13-/m1/s1. The van der Waals surface area contributed by atoms with Crippen molar-refractivity contribution in [3.8, 4) is 23.0 Å². The van der Waals surface area contributed by atoms with Gasteiger partial charge in [0.2, 0.25) is 6.79 Å². The second kappa shape index (κ2) is 5.74. The third-order valence-corrected chi connectivity index (χ3v) is 4.69. The number of benzene rings is 2. The normalized spacial score (nSPS) is 18.2. The van der Waals surface area contributed by atoms with Gasteiger partial charge in [0.05, 0.1) is 14.2 Å². The summed E-state index contributed by atoms with van der Waals surface area (Å²) in [7, 11) is 3.20. The lowest BCUT2D eigenvalue weighted by Gasteiger charge is -2.24. The van der Waals surface area contributed by atoms with Gasteiger partial charge in [0.1, 0.15) is 0 Å². The number of methoxy groups -OCH3 is 2. The molecule has 0 unspecified atom stereocenters. The third kappa shape index (κ3) is 2.28. The van der Waals surface area contributed by atoms with Crippen LogP contribution in [0.25, 0.3) is 0 Å². The minimum Gasteiger partial charge on any atom is -0.493 e. The molecule has 0 bridgehead atoms. The van der Waals surface area contributed by atoms with Crippen molar-refractivity contribution in [1.82, 2.24) is 0 Å². The van der Waals surface area contributed by atoms with Crippen LogP contribution in [-0.2, 0) is 6.42 Å². The highest BCUT2D eigenvalue weighted by Crippen LogP contribution is 2.41. The molecule has 1 heterocycles. The number of fused-ring (bicyclic) bond motifs is 2. The number of hydrogen-bond acceptors (Lipinski definition) is 5. The molecule has 2 aromatic rings. The van der Waals surface area contributed by atoms with E-state index in [4.69, 9.17) is 18.9 Å². The van der Waals surface area contributed by atoms with Crippen molar-refractivity contribution in [2.75, 3.05) is 21.0 Å². The summed E-state index contributed by atoms with van der Waals surface area (Å²) >= 11 is 0. The molecule has 0 spiro atoms. The average Bonchev–Trinajstić information content (AvgIpc) is 3.07. The predicted octanol–water partition coefficient (Wildman–Crippen LogP) is 3.35. The van der Waals surface area contributed by atoms with Crippen LogP contribution < -0.4 is 18.9 Å². The maximum Gasteiger partial charge on any atom is 0.231 e. The quantitative estimate of drug-likeness (QED) is 0.866. The molecular formula is C19H18O5. The van der Waals surface area contributed by atoms with Gasteiger partial charge in [-0.25, -0.2) is 0 Å². The van der Waals surface area contributed by atoms with E-state index < -0.39 is 0 Å². The molecule has 0 amide bonds. The summed E-state index contributed by atoms with van der Waals surface area (Å²) in [4.78, 5) is 13.0. The first kappa shape index (κ1) is 14.9. The van der Waals surface area contributed by atoms with Crippen LogP contribution in [0.4, 0.5) is 0 Å². The van der Waals surface area contributed by atoms with Crippen molar-refractivity contribution in [3.05, 3.63) is 47.0 Å². The lowest BCUT2D eigenvalue weighted by atomic mass is 9.79. The van der Waals surface area contributed by atoms with E-state index in [1.54, 1.807) is 14.2 Å². The highest BCUT2D eigenvalue weighted by Gasteiger charge is 2.31. The SMILES string of the molecule is COc1ccc([C@H]2CCc3cc4c(cc3C2=O)OCO4)cc1OC. The molecule has 5 heteroatoms. The fourth-order valence-corrected chi connectivity index (χ4v) is 3.43. The largest absolute Gasteiger partial charge is 0.493 e. The van der Waals surface area contributed by atoms with Crippen LogP contribution in [0.5, 0.6) is 23.0 Å². The van der Waals surface area contributed by atoms with Crippen LogP contribution in [0.2, 0.25) is 0 Å². The van der Waals surface area contributed by atoms with Gasteiger partial charge in [-0.2, -0.15) is 0 Å². The first-order valence-corrected chi connectivity index (χ1v) is 7.90. The van der Waals surface area contributed by atoms with Crippen molar-refractivity contribution in [2.24, 2.45) is 0 Å². The van der Waals surface area contributed by atoms with Gasteiger partial charge in [0.25, 0.3) is 0 Å². The number of carbonyl (C=O) groups is 1. The van der Waals surface area contributed by atoms with Crippen LogP contribution in [-0.4, -0.2) is 26.8 Å². The molecule has 2 aliphatic rings. The third-order valence-electron chi connectivity index (χ3n) is 4.69. The summed E-state index contributed by atoms with van der Waals surface area (Å²) in [5, 5.41) is 0. The van der Waals surface area contributed by atoms with Crippen LogP contribution in [0.15, 0.2) is 30.3 Å². The van der Waals surface area contributed by atoms with E-state index in [0.29, 0.717) is 17.2 Å². The minimum atomic E-state index is -0.183. The molecule has 0 saturated heterocycles. The zero-order chi connectivity index (χ0) is 16.7. The zero-order valence-electron chi connectivity index (χ0n) is 13.6. The molecule has 0 fully saturated rings. The Kier molecular flexibility index (Phi) is 3.56. The lowest BCUT2D eigenvalue weighted by Crippen LogP contribution is -2.21. The molecule has 1 aliphatic heterocycles. The van der Waals surface area contributed by atoms with Crippen LogP contribution in [0, 0.1) is 0 Å². The van der Waals surface area contributed by atoms with E-state index in [1.807, 2.05) is 30.3 Å². The van der Waals surface area contributed by atoms with Crippen molar-refractivity contribution in [1.29, 1.82) is 0 Å². The lowest BCUT2D eigenvalue weighted by molar-refractivity contribution is 0.0945. The molecule has 0 aromatic heterocycles. The molecule has 124 valence electrons. The Morgan fingerprint density at radius 1 is 1.00 bits per heavy atom. The smallest absolute Gasteiger partial charge is 0.231 e. The summed E-state index contributed by atoms with van der Waals surface area (Å²) < 4.78 is 21.4. The summed E-state index contributed by atoms with van der Waals surface area (Å²) in [6, 6.07) is 9.41. The molecule has 24 heavy (non-hydrogen) atoms. The first-order valence-electron chi connectivity index (χ1n) is 7.90. The molecule has 0 saturated carbocycles. The summed E-state index contributed by atoms with van der Waals surface area (Å²) in [6.07, 6.45) is 1.59. The number of Topliss-reactive ketones (excluding diaryl/α,β-unsaturated/α-hetero) is 1. The van der Waals surface area contributed by atoms with Crippen LogP contribution >= 0.6 is 0 Å². The van der Waals surface area contributed by atoms with Crippen molar-refractivity contribution < 1.29 is 23.7 Å². The summed E-state index contributed by atoms with van der Waals surface area (Å²) in [5.74, 6) is 2.60. The number of ether oxygens (including phenoxy) is 4. The average molecular weight is 326 g/mol. The Labute approximate surface area is 140 Å². The number of rotatable bonds is 3. The summed E-state index contributed by atoms with van der Waals surface area (Å²) in [6.45, 7) is 0.214. The Morgan fingerprint density at radius 3 is 2.50 bits per heavy atom. The Morgan fingerprint density at radius 2 is 1.75 bits per heavy atom. The molecular weight excluding hydrogens is 308 g/mol. The van der Waals surface area contributed by atoms with E-state index in [9.17, 15) is 4.79 Å². The Balaban J connectivity index is 1.70. The minimum absolute atomic E-state index is 0.113. The number of aryl methyl sites for hydroxylation is 1. The zero-order valence-corrected chi connectivity index (χ0v) is 13.6. The van der Waals surface area contributed by atoms with Gasteiger partial charge in [-0.15, -0.1) is 0 Å². The highest BCUT2D eigenvalue weighted by molar-refractivity contribution is 6.03. The molecule has 0 N–H and O–H groups in total. The number of ketones is 1. The fourth-order valence-electron chi connectivity index (χ4n) is 3.43. The molecule has 1 aliphatic carbocycles. The Bertz CT molecular complexity index is 812.